The van der Waals surface area contributed by atoms with Gasteiger partial charge in [0.1, 0.15) is 5.76 Å². The molecule has 1 aliphatic rings. The number of nitrogens with zero attached hydrogens (tertiary/aromatic N) is 3. The Kier molecular flexibility index (Phi) is 5.30. The second-order valence-electron chi connectivity index (χ2n) is 7.88. The molecule has 2 aromatic rings. The quantitative estimate of drug-likeness (QED) is 0.713. The first-order valence-electron chi connectivity index (χ1n) is 9.04. The fourth-order valence-electron chi connectivity index (χ4n) is 2.95. The van der Waals surface area contributed by atoms with E-state index in [0.717, 1.165) is 48.5 Å². The van der Waals surface area contributed by atoms with Gasteiger partial charge in [-0.3, -0.25) is 0 Å². The highest BCUT2D eigenvalue weighted by molar-refractivity contribution is 7.99. The minimum absolute atomic E-state index is 0.0267. The molecule has 0 radical (unpaired) electrons. The molecule has 5 nitrogen and oxygen atoms in total. The molecular formula is C19H29N3O2S. The highest BCUT2D eigenvalue weighted by Crippen LogP contribution is 2.36. The number of thioether (sulfide) groups is 1. The second-order valence-corrected chi connectivity index (χ2v) is 9.19. The molecule has 3 rings (SSSR count). The summed E-state index contributed by atoms with van der Waals surface area (Å²) in [5.74, 6) is 1.68. The van der Waals surface area contributed by atoms with Crippen molar-refractivity contribution in [2.45, 2.75) is 82.9 Å². The van der Waals surface area contributed by atoms with Gasteiger partial charge in [0.05, 0.1) is 29.8 Å². The smallest absolute Gasteiger partial charge is 0.207 e. The van der Waals surface area contributed by atoms with Gasteiger partial charge >= 0.3 is 0 Å². The van der Waals surface area contributed by atoms with Crippen LogP contribution in [0, 0.1) is 13.8 Å². The van der Waals surface area contributed by atoms with Crippen LogP contribution in [0.3, 0.4) is 0 Å². The van der Waals surface area contributed by atoms with Gasteiger partial charge < -0.3 is 13.7 Å². The molecule has 0 N–H and O–H groups in total. The van der Waals surface area contributed by atoms with E-state index in [1.165, 1.54) is 5.69 Å². The maximum Gasteiger partial charge on any atom is 0.207 e. The fraction of sp³-hybridized carbons (Fsp3) is 0.684. The Balaban J connectivity index is 1.77. The molecule has 1 aliphatic heterocycles. The Hall–Kier alpha value is -1.27. The number of aryl methyl sites for hydroxylation is 1. The molecule has 0 spiro atoms. The van der Waals surface area contributed by atoms with Crippen LogP contribution in [0.25, 0.3) is 0 Å². The third-order valence-corrected chi connectivity index (χ3v) is 5.80. The number of oxazole rings is 1. The lowest BCUT2D eigenvalue weighted by Gasteiger charge is -2.16. The van der Waals surface area contributed by atoms with Crippen molar-refractivity contribution in [2.24, 2.45) is 0 Å². The van der Waals surface area contributed by atoms with Gasteiger partial charge in [-0.05, 0) is 33.6 Å². The first kappa shape index (κ1) is 18.5. The summed E-state index contributed by atoms with van der Waals surface area (Å²) in [7, 11) is 0. The van der Waals surface area contributed by atoms with Crippen LogP contribution in [0.4, 0.5) is 0 Å². The van der Waals surface area contributed by atoms with Crippen LogP contribution >= 0.6 is 11.8 Å². The van der Waals surface area contributed by atoms with Crippen LogP contribution in [-0.2, 0) is 16.7 Å². The predicted octanol–water partition coefficient (Wildman–Crippen LogP) is 4.82. The van der Waals surface area contributed by atoms with E-state index in [-0.39, 0.29) is 10.7 Å². The summed E-state index contributed by atoms with van der Waals surface area (Å²) in [5, 5.41) is 1.13. The zero-order chi connectivity index (χ0) is 18.2. The SMILES string of the molecule is Cc1nc(S[C@H](C)c2ncc(C(C)(C)C)o2)n(C[C@@H]2CCCO2)c1C. The van der Waals surface area contributed by atoms with Crippen molar-refractivity contribution in [3.63, 3.8) is 0 Å². The van der Waals surface area contributed by atoms with Crippen molar-refractivity contribution in [1.82, 2.24) is 14.5 Å². The molecule has 1 saturated heterocycles. The normalized spacial score (nSPS) is 19.5. The molecule has 25 heavy (non-hydrogen) atoms. The summed E-state index contributed by atoms with van der Waals surface area (Å²) < 4.78 is 14.1. The van der Waals surface area contributed by atoms with E-state index in [1.54, 1.807) is 11.8 Å². The second kappa shape index (κ2) is 7.16. The lowest BCUT2D eigenvalue weighted by Crippen LogP contribution is -2.17. The van der Waals surface area contributed by atoms with E-state index in [1.807, 2.05) is 6.20 Å². The summed E-state index contributed by atoms with van der Waals surface area (Å²) in [6.45, 7) is 14.5. The van der Waals surface area contributed by atoms with Crippen molar-refractivity contribution in [3.8, 4) is 0 Å². The minimum atomic E-state index is -0.0267. The molecule has 2 aromatic heterocycles. The van der Waals surface area contributed by atoms with Gasteiger partial charge in [-0.1, -0.05) is 32.5 Å². The highest BCUT2D eigenvalue weighted by atomic mass is 32.2. The molecule has 0 bridgehead atoms. The Labute approximate surface area is 154 Å². The Morgan fingerprint density at radius 3 is 2.72 bits per heavy atom. The topological polar surface area (TPSA) is 53.1 Å². The largest absolute Gasteiger partial charge is 0.444 e. The third-order valence-electron chi connectivity index (χ3n) is 4.73. The van der Waals surface area contributed by atoms with Gasteiger partial charge in [0.15, 0.2) is 5.16 Å². The van der Waals surface area contributed by atoms with Crippen LogP contribution in [0.5, 0.6) is 0 Å². The standard InChI is InChI=1S/C19H29N3O2S/c1-12-13(2)22(11-15-8-7-9-23-15)18(21-12)25-14(3)17-20-10-16(24-17)19(4,5)6/h10,14-15H,7-9,11H2,1-6H3/t14-,15+/m1/s1. The highest BCUT2D eigenvalue weighted by Gasteiger charge is 2.25. The molecular weight excluding hydrogens is 334 g/mol. The molecule has 0 aliphatic carbocycles. The summed E-state index contributed by atoms with van der Waals surface area (Å²) in [6, 6.07) is 0. The monoisotopic (exact) mass is 363 g/mol. The van der Waals surface area contributed by atoms with Crippen LogP contribution in [-0.4, -0.2) is 27.2 Å². The lowest BCUT2D eigenvalue weighted by atomic mass is 9.94. The first-order chi connectivity index (χ1) is 11.8. The van der Waals surface area contributed by atoms with E-state index < -0.39 is 0 Å². The van der Waals surface area contributed by atoms with Gasteiger partial charge in [-0.15, -0.1) is 0 Å². The Morgan fingerprint density at radius 1 is 1.36 bits per heavy atom. The van der Waals surface area contributed by atoms with Crippen LogP contribution in [0.2, 0.25) is 0 Å². The van der Waals surface area contributed by atoms with Crippen LogP contribution in [0.15, 0.2) is 15.8 Å². The van der Waals surface area contributed by atoms with Gasteiger partial charge in [0.2, 0.25) is 5.89 Å². The van der Waals surface area contributed by atoms with Crippen molar-refractivity contribution >= 4 is 11.8 Å². The fourth-order valence-corrected chi connectivity index (χ4v) is 4.01. The lowest BCUT2D eigenvalue weighted by molar-refractivity contribution is 0.0944. The van der Waals surface area contributed by atoms with E-state index in [9.17, 15) is 0 Å². The number of imidazole rings is 1. The van der Waals surface area contributed by atoms with Crippen molar-refractivity contribution in [2.75, 3.05) is 6.61 Å². The number of hydrogen-bond acceptors (Lipinski definition) is 5. The van der Waals surface area contributed by atoms with Crippen LogP contribution in [0.1, 0.15) is 68.8 Å². The molecule has 2 atom stereocenters. The Morgan fingerprint density at radius 2 is 2.12 bits per heavy atom. The third kappa shape index (κ3) is 4.11. The van der Waals surface area contributed by atoms with Gasteiger partial charge in [-0.25, -0.2) is 9.97 Å². The number of aromatic nitrogens is 3. The number of ether oxygens (including phenoxy) is 1. The Bertz CT molecular complexity index is 724. The summed E-state index contributed by atoms with van der Waals surface area (Å²) in [5.41, 5.74) is 2.27. The van der Waals surface area contributed by atoms with Gasteiger partial charge in [-0.2, -0.15) is 0 Å². The minimum Gasteiger partial charge on any atom is -0.444 e. The molecule has 0 saturated carbocycles. The maximum atomic E-state index is 6.00. The van der Waals surface area contributed by atoms with Crippen molar-refractivity contribution < 1.29 is 9.15 Å². The molecule has 1 fully saturated rings. The van der Waals surface area contributed by atoms with E-state index in [2.05, 4.69) is 51.1 Å². The average molecular weight is 364 g/mol. The predicted molar refractivity (Wildman–Crippen MR) is 100 cm³/mol. The average Bonchev–Trinajstić information content (AvgIpc) is 3.25. The number of hydrogen-bond donors (Lipinski definition) is 0. The molecule has 0 aromatic carbocycles. The van der Waals surface area contributed by atoms with E-state index in [0.29, 0.717) is 6.10 Å². The molecule has 6 heteroatoms. The number of rotatable bonds is 5. The molecule has 0 unspecified atom stereocenters. The summed E-state index contributed by atoms with van der Waals surface area (Å²) >= 11 is 1.71. The molecule has 138 valence electrons. The summed E-state index contributed by atoms with van der Waals surface area (Å²) in [6.07, 6.45) is 4.44. The van der Waals surface area contributed by atoms with Gasteiger partial charge in [0.25, 0.3) is 0 Å². The molecule has 3 heterocycles. The van der Waals surface area contributed by atoms with Crippen molar-refractivity contribution in [1.29, 1.82) is 0 Å². The summed E-state index contributed by atoms with van der Waals surface area (Å²) in [4.78, 5) is 9.27. The van der Waals surface area contributed by atoms with E-state index in [4.69, 9.17) is 14.1 Å². The van der Waals surface area contributed by atoms with E-state index >= 15 is 0 Å². The molecule has 0 amide bonds. The van der Waals surface area contributed by atoms with Crippen LogP contribution < -0.4 is 0 Å². The van der Waals surface area contributed by atoms with Gasteiger partial charge in [0, 0.05) is 17.7 Å². The zero-order valence-electron chi connectivity index (χ0n) is 16.1. The first-order valence-corrected chi connectivity index (χ1v) is 9.92. The maximum absolute atomic E-state index is 6.00. The van der Waals surface area contributed by atoms with Crippen molar-refractivity contribution in [3.05, 3.63) is 29.2 Å². The zero-order valence-corrected chi connectivity index (χ0v) is 16.9.